The fraction of sp³-hybridized carbons (Fsp3) is 0.696. The summed E-state index contributed by atoms with van der Waals surface area (Å²) in [4.78, 5) is 36.1. The quantitative estimate of drug-likeness (QED) is 0.475. The summed E-state index contributed by atoms with van der Waals surface area (Å²) in [5, 5.41) is 22.9. The summed E-state index contributed by atoms with van der Waals surface area (Å²) in [7, 11) is 0. The van der Waals surface area contributed by atoms with Crippen LogP contribution in [-0.4, -0.2) is 50.9 Å². The van der Waals surface area contributed by atoms with Gasteiger partial charge in [0.1, 0.15) is 5.60 Å². The number of ketones is 2. The van der Waals surface area contributed by atoms with Crippen LogP contribution >= 0.6 is 15.9 Å². The minimum absolute atomic E-state index is 0.0194. The maximum Gasteiger partial charge on any atom is 0.303 e. The van der Waals surface area contributed by atoms with Crippen LogP contribution in [0.4, 0.5) is 0 Å². The molecule has 0 heterocycles. The summed E-state index contributed by atoms with van der Waals surface area (Å²) >= 11 is 3.83. The molecule has 0 amide bonds. The van der Waals surface area contributed by atoms with E-state index in [4.69, 9.17) is 4.74 Å². The lowest BCUT2D eigenvalue weighted by Crippen LogP contribution is -2.63. The molecule has 2 unspecified atom stereocenters. The topological polar surface area (TPSA) is 101 Å². The van der Waals surface area contributed by atoms with Crippen LogP contribution in [0, 0.1) is 28.6 Å². The number of aliphatic hydroxyl groups is 2. The summed E-state index contributed by atoms with van der Waals surface area (Å²) in [6, 6.07) is 0. The summed E-state index contributed by atoms with van der Waals surface area (Å²) in [5.74, 6) is -1.14. The first-order chi connectivity index (χ1) is 13.9. The van der Waals surface area contributed by atoms with Gasteiger partial charge in [-0.1, -0.05) is 41.4 Å². The molecule has 164 valence electrons. The second-order valence-corrected chi connectivity index (χ2v) is 11.1. The van der Waals surface area contributed by atoms with Gasteiger partial charge in [0.15, 0.2) is 12.4 Å². The van der Waals surface area contributed by atoms with E-state index in [0.717, 1.165) is 5.57 Å². The SMILES string of the molecule is CC(=O)OCC(=O)[C@@]1(O)CC[C@H]2[C@@H]3C(Br)CC4=CC(=O)C=C[C@]4(C)[C@H]3C(O)C[C@@]21C. The Morgan fingerprint density at radius 1 is 1.33 bits per heavy atom. The number of halogens is 1. The summed E-state index contributed by atoms with van der Waals surface area (Å²) < 4.78 is 4.89. The second kappa shape index (κ2) is 7.10. The number of Topliss-reactive ketones (excluding diaryl/α,β-unsaturated/α-hetero) is 1. The molecule has 3 fully saturated rings. The number of esters is 1. The Kier molecular flexibility index (Phi) is 5.19. The average molecular weight is 481 g/mol. The highest BCUT2D eigenvalue weighted by Gasteiger charge is 2.69. The first-order valence-corrected chi connectivity index (χ1v) is 11.5. The Labute approximate surface area is 184 Å². The van der Waals surface area contributed by atoms with Gasteiger partial charge in [0, 0.05) is 28.5 Å². The van der Waals surface area contributed by atoms with Crippen LogP contribution in [0.2, 0.25) is 0 Å². The molecule has 0 bridgehead atoms. The van der Waals surface area contributed by atoms with E-state index in [-0.39, 0.29) is 41.2 Å². The van der Waals surface area contributed by atoms with Gasteiger partial charge in [-0.2, -0.15) is 0 Å². The maximum atomic E-state index is 12.9. The van der Waals surface area contributed by atoms with E-state index in [9.17, 15) is 24.6 Å². The van der Waals surface area contributed by atoms with Crippen molar-refractivity contribution in [3.05, 3.63) is 23.8 Å². The fourth-order valence-corrected chi connectivity index (χ4v) is 8.04. The summed E-state index contributed by atoms with van der Waals surface area (Å²) in [6.45, 7) is 4.75. The largest absolute Gasteiger partial charge is 0.458 e. The lowest BCUT2D eigenvalue weighted by molar-refractivity contribution is -0.180. The Morgan fingerprint density at radius 2 is 2.03 bits per heavy atom. The Morgan fingerprint density at radius 3 is 2.70 bits per heavy atom. The monoisotopic (exact) mass is 480 g/mol. The first kappa shape index (κ1) is 21.9. The molecule has 8 atom stereocenters. The molecule has 0 saturated heterocycles. The molecule has 0 aromatic rings. The van der Waals surface area contributed by atoms with E-state index in [1.807, 2.05) is 13.0 Å². The Balaban J connectivity index is 1.71. The predicted octanol–water partition coefficient (Wildman–Crippen LogP) is 2.50. The van der Waals surface area contributed by atoms with E-state index >= 15 is 0 Å². The minimum Gasteiger partial charge on any atom is -0.458 e. The van der Waals surface area contributed by atoms with Gasteiger partial charge in [-0.25, -0.2) is 0 Å². The molecule has 4 aliphatic rings. The normalized spacial score (nSPS) is 47.1. The van der Waals surface area contributed by atoms with Crippen molar-refractivity contribution >= 4 is 33.5 Å². The molecule has 0 radical (unpaired) electrons. The number of ether oxygens (including phenoxy) is 1. The standard InChI is InChI=1S/C23H29BrO6/c1-12(25)30-11-18(28)23(29)7-5-15-19-16(24)9-13-8-14(26)4-6-21(13,2)20(19)17(27)10-22(15,23)3/h4,6,8,15-17,19-20,27,29H,5,7,9-11H2,1-3H3/t15-,16?,17?,19+,20-,21-,22-,23-/m0/s1. The number of fused-ring (bicyclic) bond motifs is 5. The smallest absolute Gasteiger partial charge is 0.303 e. The van der Waals surface area contributed by atoms with Crippen molar-refractivity contribution in [2.75, 3.05) is 6.61 Å². The minimum atomic E-state index is -1.64. The molecule has 6 nitrogen and oxygen atoms in total. The molecule has 2 N–H and O–H groups in total. The van der Waals surface area contributed by atoms with Crippen molar-refractivity contribution in [1.29, 1.82) is 0 Å². The van der Waals surface area contributed by atoms with Crippen molar-refractivity contribution in [2.24, 2.45) is 28.6 Å². The van der Waals surface area contributed by atoms with E-state index < -0.39 is 40.9 Å². The molecule has 0 aromatic carbocycles. The third-order valence-corrected chi connectivity index (χ3v) is 9.44. The number of hydrogen-bond donors (Lipinski definition) is 2. The number of carbonyl (C=O) groups is 3. The zero-order valence-electron chi connectivity index (χ0n) is 17.6. The maximum absolute atomic E-state index is 12.9. The van der Waals surface area contributed by atoms with Crippen molar-refractivity contribution in [3.8, 4) is 0 Å². The number of aliphatic hydroxyl groups excluding tert-OH is 1. The van der Waals surface area contributed by atoms with E-state index in [1.165, 1.54) is 6.92 Å². The molecule has 0 spiro atoms. The lowest BCUT2D eigenvalue weighted by atomic mass is 9.46. The number of alkyl halides is 1. The van der Waals surface area contributed by atoms with Gasteiger partial charge in [-0.3, -0.25) is 14.4 Å². The van der Waals surface area contributed by atoms with Crippen molar-refractivity contribution in [1.82, 2.24) is 0 Å². The van der Waals surface area contributed by atoms with Crippen LogP contribution in [0.25, 0.3) is 0 Å². The molecule has 7 heteroatoms. The lowest BCUT2D eigenvalue weighted by Gasteiger charge is -2.60. The van der Waals surface area contributed by atoms with E-state index in [0.29, 0.717) is 12.8 Å². The van der Waals surface area contributed by atoms with Gasteiger partial charge in [0.05, 0.1) is 6.10 Å². The number of rotatable bonds is 3. The summed E-state index contributed by atoms with van der Waals surface area (Å²) in [6.07, 6.45) is 6.39. The molecule has 30 heavy (non-hydrogen) atoms. The van der Waals surface area contributed by atoms with Crippen molar-refractivity contribution < 1.29 is 29.3 Å². The number of hydrogen-bond acceptors (Lipinski definition) is 6. The highest BCUT2D eigenvalue weighted by atomic mass is 79.9. The van der Waals surface area contributed by atoms with Crippen LogP contribution in [-0.2, 0) is 19.1 Å². The molecule has 4 rings (SSSR count). The van der Waals surface area contributed by atoms with Gasteiger partial charge >= 0.3 is 5.97 Å². The van der Waals surface area contributed by atoms with Gasteiger partial charge in [0.25, 0.3) is 0 Å². The highest BCUT2D eigenvalue weighted by molar-refractivity contribution is 9.09. The molecule has 0 aliphatic heterocycles. The Hall–Kier alpha value is -1.31. The number of allylic oxidation sites excluding steroid dienone is 4. The second-order valence-electron chi connectivity index (χ2n) is 9.91. The number of carbonyl (C=O) groups excluding carboxylic acids is 3. The molecular formula is C23H29BrO6. The molecule has 4 aliphatic carbocycles. The first-order valence-electron chi connectivity index (χ1n) is 10.6. The van der Waals surface area contributed by atoms with Crippen LogP contribution < -0.4 is 0 Å². The van der Waals surface area contributed by atoms with Crippen molar-refractivity contribution in [2.45, 2.75) is 63.0 Å². The van der Waals surface area contributed by atoms with Gasteiger partial charge in [0.2, 0.25) is 5.78 Å². The van der Waals surface area contributed by atoms with Gasteiger partial charge in [-0.15, -0.1) is 0 Å². The van der Waals surface area contributed by atoms with E-state index in [1.54, 1.807) is 12.2 Å². The zero-order chi connectivity index (χ0) is 22.1. The molecule has 0 aromatic heterocycles. The summed E-state index contributed by atoms with van der Waals surface area (Å²) in [5.41, 5.74) is -1.85. The zero-order valence-corrected chi connectivity index (χ0v) is 19.1. The third kappa shape index (κ3) is 2.92. The fourth-order valence-electron chi connectivity index (χ4n) is 6.99. The van der Waals surface area contributed by atoms with Crippen LogP contribution in [0.1, 0.15) is 46.5 Å². The molecular weight excluding hydrogens is 452 g/mol. The van der Waals surface area contributed by atoms with Gasteiger partial charge < -0.3 is 14.9 Å². The third-order valence-electron chi connectivity index (χ3n) is 8.50. The average Bonchev–Trinajstić information content (AvgIpc) is 2.92. The highest BCUT2D eigenvalue weighted by Crippen LogP contribution is 2.67. The predicted molar refractivity (Wildman–Crippen MR) is 113 cm³/mol. The van der Waals surface area contributed by atoms with E-state index in [2.05, 4.69) is 22.9 Å². The van der Waals surface area contributed by atoms with Crippen molar-refractivity contribution in [3.63, 3.8) is 0 Å². The van der Waals surface area contributed by atoms with Crippen LogP contribution in [0.15, 0.2) is 23.8 Å². The van der Waals surface area contributed by atoms with Gasteiger partial charge in [-0.05, 0) is 49.7 Å². The molecule has 3 saturated carbocycles. The van der Waals surface area contributed by atoms with Crippen LogP contribution in [0.5, 0.6) is 0 Å². The van der Waals surface area contributed by atoms with Crippen LogP contribution in [0.3, 0.4) is 0 Å². The Bertz CT molecular complexity index is 864.